The van der Waals surface area contributed by atoms with Crippen LogP contribution in [0.25, 0.3) is 0 Å². The molecule has 18 heavy (non-hydrogen) atoms. The van der Waals surface area contributed by atoms with Gasteiger partial charge in [-0.2, -0.15) is 0 Å². The average molecular weight is 258 g/mol. The molecular formula is C15H35BO2. The third-order valence-electron chi connectivity index (χ3n) is 3.21. The van der Waals surface area contributed by atoms with E-state index in [4.69, 9.17) is 10.0 Å². The van der Waals surface area contributed by atoms with Crippen LogP contribution in [-0.2, 0) is 0 Å². The molecule has 0 fully saturated rings. The average Bonchev–Trinajstić information content (AvgIpc) is 2.37. The molecule has 0 heterocycles. The van der Waals surface area contributed by atoms with Crippen molar-refractivity contribution < 1.29 is 10.0 Å². The van der Waals surface area contributed by atoms with Crippen molar-refractivity contribution >= 4 is 7.69 Å². The molecule has 0 aromatic carbocycles. The molecule has 0 saturated heterocycles. The predicted molar refractivity (Wildman–Crippen MR) is 83.0 cm³/mol. The maximum absolute atomic E-state index is 7.12. The summed E-state index contributed by atoms with van der Waals surface area (Å²) in [5.74, 6) is 0. The molecule has 0 spiro atoms. The van der Waals surface area contributed by atoms with E-state index in [1.54, 1.807) is 0 Å². The van der Waals surface area contributed by atoms with E-state index in [9.17, 15) is 0 Å². The Labute approximate surface area is 115 Å². The lowest BCUT2D eigenvalue weighted by atomic mass is 10.1. The van der Waals surface area contributed by atoms with Gasteiger partial charge in [-0.3, -0.25) is 0 Å². The van der Waals surface area contributed by atoms with Crippen molar-refractivity contribution in [1.29, 1.82) is 0 Å². The molecule has 0 aromatic heterocycles. The Bertz CT molecular complexity index is 109. The van der Waals surface area contributed by atoms with E-state index < -0.39 is 7.69 Å². The van der Waals surface area contributed by atoms with Gasteiger partial charge in [0.1, 0.15) is 0 Å². The molecule has 3 heteroatoms. The zero-order valence-corrected chi connectivity index (χ0v) is 12.8. The summed E-state index contributed by atoms with van der Waals surface area (Å²) < 4.78 is 0. The molecule has 2 N–H and O–H groups in total. The quantitative estimate of drug-likeness (QED) is 0.404. The zero-order chi connectivity index (χ0) is 13.9. The Kier molecular flexibility index (Phi) is 25.0. The summed E-state index contributed by atoms with van der Waals surface area (Å²) >= 11 is 0. The van der Waals surface area contributed by atoms with Gasteiger partial charge in [-0.15, -0.1) is 0 Å². The van der Waals surface area contributed by atoms with Crippen LogP contribution < -0.4 is 0 Å². The van der Waals surface area contributed by atoms with E-state index >= 15 is 0 Å². The monoisotopic (exact) mass is 258 g/mol. The van der Waals surface area contributed by atoms with Gasteiger partial charge in [-0.1, -0.05) is 97.3 Å². The molecule has 0 radical (unpaired) electrons. The predicted octanol–water partition coefficient (Wildman–Crippen LogP) is 4.34. The minimum absolute atomic E-state index is 0.750. The fourth-order valence-corrected chi connectivity index (χ4v) is 2.09. The van der Waals surface area contributed by atoms with Crippen molar-refractivity contribution in [3.05, 3.63) is 0 Å². The van der Waals surface area contributed by atoms with Crippen LogP contribution in [0.2, 0.25) is 0 Å². The summed E-state index contributed by atoms with van der Waals surface area (Å²) in [6.45, 7) is 4.58. The van der Waals surface area contributed by atoms with Crippen molar-refractivity contribution in [2.24, 2.45) is 0 Å². The zero-order valence-electron chi connectivity index (χ0n) is 12.8. The molecule has 0 amide bonds. The third kappa shape index (κ3) is 25.0. The van der Waals surface area contributed by atoms with Crippen LogP contribution in [0.4, 0.5) is 0 Å². The maximum atomic E-state index is 7.12. The summed E-state index contributed by atoms with van der Waals surface area (Å²) in [5, 5.41) is 14.2. The Morgan fingerprint density at radius 3 is 0.833 bits per heavy atom. The number of hydrogen-bond acceptors (Lipinski definition) is 2. The second-order valence-electron chi connectivity index (χ2n) is 5.03. The van der Waals surface area contributed by atoms with E-state index in [1.807, 2.05) is 0 Å². The molecule has 0 atom stereocenters. The van der Waals surface area contributed by atoms with Crippen molar-refractivity contribution in [1.82, 2.24) is 0 Å². The summed E-state index contributed by atoms with van der Waals surface area (Å²) in [4.78, 5) is 0. The smallest absolute Gasteiger partial charge is 0.430 e. The molecule has 0 bridgehead atoms. The lowest BCUT2D eigenvalue weighted by molar-refractivity contribution is 0.448. The number of rotatable bonds is 12. The van der Waals surface area contributed by atoms with E-state index in [0.717, 1.165) is 0 Å². The minimum atomic E-state index is -0.750. The lowest BCUT2D eigenvalue weighted by Crippen LogP contribution is -1.82. The highest BCUT2D eigenvalue weighted by molar-refractivity contribution is 6.13. The Balaban J connectivity index is 0. The second-order valence-corrected chi connectivity index (χ2v) is 5.03. The van der Waals surface area contributed by atoms with Crippen LogP contribution in [0.1, 0.15) is 97.3 Å². The molecule has 0 aliphatic carbocycles. The Morgan fingerprint density at radius 1 is 0.500 bits per heavy atom. The maximum Gasteiger partial charge on any atom is 0.432 e. The molecule has 0 saturated carbocycles. The summed E-state index contributed by atoms with van der Waals surface area (Å²) in [5.41, 5.74) is 0. The van der Waals surface area contributed by atoms with E-state index in [2.05, 4.69) is 13.8 Å². The SMILES string of the molecule is CCCCCCCCCCCCCCC.OBO. The van der Waals surface area contributed by atoms with Crippen molar-refractivity contribution in [3.63, 3.8) is 0 Å². The molecule has 0 aliphatic heterocycles. The lowest BCUT2D eigenvalue weighted by Gasteiger charge is -2.01. The first-order valence-corrected chi connectivity index (χ1v) is 8.05. The first-order chi connectivity index (χ1) is 8.83. The fourth-order valence-electron chi connectivity index (χ4n) is 2.09. The van der Waals surface area contributed by atoms with Gasteiger partial charge in [-0.25, -0.2) is 0 Å². The van der Waals surface area contributed by atoms with Crippen molar-refractivity contribution in [2.45, 2.75) is 97.3 Å². The topological polar surface area (TPSA) is 40.5 Å². The minimum Gasteiger partial charge on any atom is -0.430 e. The molecular weight excluding hydrogens is 223 g/mol. The number of unbranched alkanes of at least 4 members (excludes halogenated alkanes) is 12. The van der Waals surface area contributed by atoms with Crippen LogP contribution in [0.3, 0.4) is 0 Å². The van der Waals surface area contributed by atoms with Crippen LogP contribution in [0, 0.1) is 0 Å². The summed E-state index contributed by atoms with van der Waals surface area (Å²) in [7, 11) is -0.750. The van der Waals surface area contributed by atoms with Gasteiger partial charge in [0.05, 0.1) is 0 Å². The molecule has 110 valence electrons. The third-order valence-corrected chi connectivity index (χ3v) is 3.21. The van der Waals surface area contributed by atoms with Crippen molar-refractivity contribution in [2.75, 3.05) is 0 Å². The van der Waals surface area contributed by atoms with Gasteiger partial charge in [0, 0.05) is 0 Å². The van der Waals surface area contributed by atoms with Crippen LogP contribution in [0.5, 0.6) is 0 Å². The normalized spacial score (nSPS) is 9.78. The highest BCUT2D eigenvalue weighted by Gasteiger charge is 1.92. The van der Waals surface area contributed by atoms with Gasteiger partial charge in [0.2, 0.25) is 0 Å². The Hall–Kier alpha value is -0.0151. The summed E-state index contributed by atoms with van der Waals surface area (Å²) in [6.07, 6.45) is 18.9. The van der Waals surface area contributed by atoms with Crippen LogP contribution in [-0.4, -0.2) is 17.7 Å². The van der Waals surface area contributed by atoms with Crippen LogP contribution >= 0.6 is 0 Å². The highest BCUT2D eigenvalue weighted by atomic mass is 16.4. The fraction of sp³-hybridized carbons (Fsp3) is 1.00. The highest BCUT2D eigenvalue weighted by Crippen LogP contribution is 2.12. The van der Waals surface area contributed by atoms with Gasteiger partial charge >= 0.3 is 7.69 Å². The first-order valence-electron chi connectivity index (χ1n) is 8.05. The second kappa shape index (κ2) is 22.2. The molecule has 0 unspecified atom stereocenters. The van der Waals surface area contributed by atoms with Gasteiger partial charge in [0.25, 0.3) is 0 Å². The first kappa shape index (κ1) is 20.3. The summed E-state index contributed by atoms with van der Waals surface area (Å²) in [6, 6.07) is 0. The molecule has 0 aromatic rings. The molecule has 2 nitrogen and oxygen atoms in total. The molecule has 0 aliphatic rings. The van der Waals surface area contributed by atoms with Gasteiger partial charge < -0.3 is 10.0 Å². The van der Waals surface area contributed by atoms with Gasteiger partial charge in [-0.05, 0) is 0 Å². The van der Waals surface area contributed by atoms with Crippen LogP contribution in [0.15, 0.2) is 0 Å². The standard InChI is InChI=1S/C15H32.BH3O2/c1-3-5-7-9-11-13-15-14-12-10-8-6-4-2;2-1-3/h3-15H2,1-2H3;1-3H. The largest absolute Gasteiger partial charge is 0.432 e. The van der Waals surface area contributed by atoms with Crippen molar-refractivity contribution in [3.8, 4) is 0 Å². The number of hydrogen-bond donors (Lipinski definition) is 2. The van der Waals surface area contributed by atoms with E-state index in [0.29, 0.717) is 0 Å². The molecule has 0 rings (SSSR count). The van der Waals surface area contributed by atoms with E-state index in [-0.39, 0.29) is 0 Å². The van der Waals surface area contributed by atoms with E-state index in [1.165, 1.54) is 83.5 Å². The van der Waals surface area contributed by atoms with Gasteiger partial charge in [0.15, 0.2) is 0 Å². The Morgan fingerprint density at radius 2 is 0.667 bits per heavy atom.